The number of amides is 1. The van der Waals surface area contributed by atoms with Gasteiger partial charge in [0.05, 0.1) is 0 Å². The summed E-state index contributed by atoms with van der Waals surface area (Å²) in [5, 5.41) is 11.6. The number of rotatable bonds is 4. The second kappa shape index (κ2) is 5.32. The molecule has 1 aliphatic rings. The largest absolute Gasteiger partial charge is 0.396 e. The molecule has 1 amide bonds. The minimum Gasteiger partial charge on any atom is -0.396 e. The van der Waals surface area contributed by atoms with Crippen LogP contribution in [0.25, 0.3) is 0 Å². The van der Waals surface area contributed by atoms with E-state index in [2.05, 4.69) is 5.32 Å². The molecular formula is C10H19NO3. The Morgan fingerprint density at radius 2 is 2.43 bits per heavy atom. The summed E-state index contributed by atoms with van der Waals surface area (Å²) in [6, 6.07) is 0. The van der Waals surface area contributed by atoms with Gasteiger partial charge in [0.1, 0.15) is 6.10 Å². The average molecular weight is 201 g/mol. The first kappa shape index (κ1) is 11.5. The Morgan fingerprint density at radius 3 is 2.93 bits per heavy atom. The maximum absolute atomic E-state index is 11.6. The van der Waals surface area contributed by atoms with Gasteiger partial charge in [-0.25, -0.2) is 0 Å². The Kier molecular flexibility index (Phi) is 4.35. The fourth-order valence-electron chi connectivity index (χ4n) is 1.47. The lowest BCUT2D eigenvalue weighted by Gasteiger charge is -2.16. The molecule has 0 aromatic carbocycles. The molecule has 1 aliphatic heterocycles. The van der Waals surface area contributed by atoms with E-state index < -0.39 is 0 Å². The summed E-state index contributed by atoms with van der Waals surface area (Å²) >= 11 is 0. The summed E-state index contributed by atoms with van der Waals surface area (Å²) in [4.78, 5) is 11.6. The predicted octanol–water partition coefficient (Wildman–Crippen LogP) is 0.156. The first-order valence-corrected chi connectivity index (χ1v) is 5.15. The number of aliphatic hydroxyl groups is 1. The standard InChI is InChI=1S/C10H19NO3/c1-7(6-12)5-11-10(13)9-8(2)3-4-14-9/h7-9,12H,3-6H2,1-2H3,(H,11,13). The molecule has 3 unspecified atom stereocenters. The molecule has 14 heavy (non-hydrogen) atoms. The highest BCUT2D eigenvalue weighted by Gasteiger charge is 2.30. The second-order valence-electron chi connectivity index (χ2n) is 4.09. The van der Waals surface area contributed by atoms with Gasteiger partial charge in [-0.1, -0.05) is 13.8 Å². The van der Waals surface area contributed by atoms with E-state index in [0.29, 0.717) is 19.1 Å². The van der Waals surface area contributed by atoms with Crippen LogP contribution >= 0.6 is 0 Å². The molecule has 1 saturated heterocycles. The van der Waals surface area contributed by atoms with Crippen molar-refractivity contribution in [3.8, 4) is 0 Å². The van der Waals surface area contributed by atoms with Crippen LogP contribution in [0.3, 0.4) is 0 Å². The SMILES string of the molecule is CC(CO)CNC(=O)C1OCCC1C. The molecule has 0 radical (unpaired) electrons. The molecule has 2 N–H and O–H groups in total. The summed E-state index contributed by atoms with van der Waals surface area (Å²) in [5.41, 5.74) is 0. The van der Waals surface area contributed by atoms with Crippen LogP contribution in [0.2, 0.25) is 0 Å². The van der Waals surface area contributed by atoms with E-state index in [9.17, 15) is 4.79 Å². The molecule has 82 valence electrons. The van der Waals surface area contributed by atoms with E-state index in [1.807, 2.05) is 13.8 Å². The zero-order chi connectivity index (χ0) is 10.6. The summed E-state index contributed by atoms with van der Waals surface area (Å²) in [6.07, 6.45) is 0.661. The van der Waals surface area contributed by atoms with Gasteiger partial charge in [0.2, 0.25) is 5.91 Å². The Labute approximate surface area is 84.6 Å². The van der Waals surface area contributed by atoms with E-state index in [-0.39, 0.29) is 24.5 Å². The summed E-state index contributed by atoms with van der Waals surface area (Å²) in [5.74, 6) is 0.366. The van der Waals surface area contributed by atoms with E-state index in [1.54, 1.807) is 0 Å². The Morgan fingerprint density at radius 1 is 1.71 bits per heavy atom. The minimum absolute atomic E-state index is 0.0460. The van der Waals surface area contributed by atoms with Crippen molar-refractivity contribution in [1.29, 1.82) is 0 Å². The van der Waals surface area contributed by atoms with Crippen molar-refractivity contribution in [3.05, 3.63) is 0 Å². The van der Waals surface area contributed by atoms with Gasteiger partial charge in [0, 0.05) is 19.8 Å². The molecule has 4 heteroatoms. The molecule has 1 rings (SSSR count). The van der Waals surface area contributed by atoms with Gasteiger partial charge in [0.15, 0.2) is 0 Å². The number of aliphatic hydroxyl groups excluding tert-OH is 1. The lowest BCUT2D eigenvalue weighted by molar-refractivity contribution is -0.131. The number of carbonyl (C=O) groups excluding carboxylic acids is 1. The fourth-order valence-corrected chi connectivity index (χ4v) is 1.47. The summed E-state index contributed by atoms with van der Waals surface area (Å²) in [7, 11) is 0. The van der Waals surface area contributed by atoms with Gasteiger partial charge >= 0.3 is 0 Å². The molecule has 0 aromatic heterocycles. The average Bonchev–Trinajstić information content (AvgIpc) is 2.60. The molecule has 4 nitrogen and oxygen atoms in total. The Balaban J connectivity index is 2.27. The van der Waals surface area contributed by atoms with Gasteiger partial charge in [-0.15, -0.1) is 0 Å². The van der Waals surface area contributed by atoms with Crippen LogP contribution in [0.5, 0.6) is 0 Å². The quantitative estimate of drug-likeness (QED) is 0.681. The highest BCUT2D eigenvalue weighted by molar-refractivity contribution is 5.81. The van der Waals surface area contributed by atoms with Crippen molar-refractivity contribution in [3.63, 3.8) is 0 Å². The van der Waals surface area contributed by atoms with Crippen molar-refractivity contribution >= 4 is 5.91 Å². The molecule has 1 heterocycles. The number of hydrogen-bond acceptors (Lipinski definition) is 3. The normalized spacial score (nSPS) is 28.8. The van der Waals surface area contributed by atoms with Crippen LogP contribution < -0.4 is 5.32 Å². The van der Waals surface area contributed by atoms with Gasteiger partial charge in [-0.05, 0) is 18.3 Å². The molecule has 1 fully saturated rings. The minimum atomic E-state index is -0.291. The first-order chi connectivity index (χ1) is 6.65. The maximum atomic E-state index is 11.6. The number of nitrogens with one attached hydrogen (secondary N) is 1. The zero-order valence-electron chi connectivity index (χ0n) is 8.82. The van der Waals surface area contributed by atoms with Crippen LogP contribution in [0.15, 0.2) is 0 Å². The third-order valence-electron chi connectivity index (χ3n) is 2.58. The van der Waals surface area contributed by atoms with Crippen LogP contribution in [0.4, 0.5) is 0 Å². The molecule has 0 aromatic rings. The van der Waals surface area contributed by atoms with Crippen LogP contribution in [-0.4, -0.2) is 36.9 Å². The molecule has 0 spiro atoms. The fraction of sp³-hybridized carbons (Fsp3) is 0.900. The van der Waals surface area contributed by atoms with Crippen molar-refractivity contribution < 1.29 is 14.6 Å². The molecule has 0 aliphatic carbocycles. The topological polar surface area (TPSA) is 58.6 Å². The zero-order valence-corrected chi connectivity index (χ0v) is 8.82. The summed E-state index contributed by atoms with van der Waals surface area (Å²) in [6.45, 7) is 5.20. The van der Waals surface area contributed by atoms with Crippen molar-refractivity contribution in [1.82, 2.24) is 5.32 Å². The van der Waals surface area contributed by atoms with Crippen molar-refractivity contribution in [2.24, 2.45) is 11.8 Å². The van der Waals surface area contributed by atoms with Crippen LogP contribution in [-0.2, 0) is 9.53 Å². The molecule has 0 bridgehead atoms. The Bertz CT molecular complexity index is 196. The molecular weight excluding hydrogens is 182 g/mol. The summed E-state index contributed by atoms with van der Waals surface area (Å²) < 4.78 is 5.32. The second-order valence-corrected chi connectivity index (χ2v) is 4.09. The van der Waals surface area contributed by atoms with E-state index in [0.717, 1.165) is 6.42 Å². The van der Waals surface area contributed by atoms with Crippen molar-refractivity contribution in [2.45, 2.75) is 26.4 Å². The number of carbonyl (C=O) groups is 1. The van der Waals surface area contributed by atoms with Gasteiger partial charge in [0.25, 0.3) is 0 Å². The van der Waals surface area contributed by atoms with Gasteiger partial charge < -0.3 is 15.2 Å². The van der Waals surface area contributed by atoms with E-state index >= 15 is 0 Å². The number of ether oxygens (including phenoxy) is 1. The molecule has 0 saturated carbocycles. The predicted molar refractivity (Wildman–Crippen MR) is 52.8 cm³/mol. The van der Waals surface area contributed by atoms with Crippen LogP contribution in [0.1, 0.15) is 20.3 Å². The van der Waals surface area contributed by atoms with Gasteiger partial charge in [-0.2, -0.15) is 0 Å². The third-order valence-corrected chi connectivity index (χ3v) is 2.58. The smallest absolute Gasteiger partial charge is 0.249 e. The Hall–Kier alpha value is -0.610. The lowest BCUT2D eigenvalue weighted by Crippen LogP contribution is -2.39. The first-order valence-electron chi connectivity index (χ1n) is 5.15. The highest BCUT2D eigenvalue weighted by atomic mass is 16.5. The monoisotopic (exact) mass is 201 g/mol. The number of hydrogen-bond donors (Lipinski definition) is 2. The maximum Gasteiger partial charge on any atom is 0.249 e. The van der Waals surface area contributed by atoms with E-state index in [4.69, 9.17) is 9.84 Å². The van der Waals surface area contributed by atoms with Crippen molar-refractivity contribution in [2.75, 3.05) is 19.8 Å². The highest BCUT2D eigenvalue weighted by Crippen LogP contribution is 2.19. The molecule has 3 atom stereocenters. The lowest BCUT2D eigenvalue weighted by atomic mass is 10.0. The van der Waals surface area contributed by atoms with Crippen LogP contribution in [0, 0.1) is 11.8 Å². The third kappa shape index (κ3) is 2.96. The van der Waals surface area contributed by atoms with E-state index in [1.165, 1.54) is 0 Å². The van der Waals surface area contributed by atoms with Gasteiger partial charge in [-0.3, -0.25) is 4.79 Å².